The van der Waals surface area contributed by atoms with Crippen molar-refractivity contribution >= 4 is 11.0 Å². The molecule has 24 heavy (non-hydrogen) atoms. The van der Waals surface area contributed by atoms with Crippen LogP contribution >= 0.6 is 0 Å². The van der Waals surface area contributed by atoms with Gasteiger partial charge >= 0.3 is 0 Å². The van der Waals surface area contributed by atoms with Gasteiger partial charge in [0.1, 0.15) is 12.0 Å². The minimum Gasteiger partial charge on any atom is -0.346 e. The molecule has 1 fully saturated rings. The second-order valence-electron chi connectivity index (χ2n) is 6.72. The molecule has 0 unspecified atom stereocenters. The van der Waals surface area contributed by atoms with Gasteiger partial charge in [-0.15, -0.1) is 0 Å². The third kappa shape index (κ3) is 2.19. The Kier molecular flexibility index (Phi) is 3.36. The zero-order valence-electron chi connectivity index (χ0n) is 13.8. The zero-order chi connectivity index (χ0) is 16.7. The van der Waals surface area contributed by atoms with Gasteiger partial charge in [0.2, 0.25) is 0 Å². The number of rotatable bonds is 4. The van der Waals surface area contributed by atoms with E-state index in [-0.39, 0.29) is 5.54 Å². The number of nitriles is 1. The van der Waals surface area contributed by atoms with Crippen LogP contribution in [0.15, 0.2) is 31.0 Å². The van der Waals surface area contributed by atoms with Gasteiger partial charge in [0.05, 0.1) is 29.9 Å². The molecule has 0 aliphatic heterocycles. The van der Waals surface area contributed by atoms with Gasteiger partial charge in [-0.25, -0.2) is 9.97 Å². The fourth-order valence-corrected chi connectivity index (χ4v) is 3.55. The van der Waals surface area contributed by atoms with Crippen LogP contribution in [0.2, 0.25) is 0 Å². The lowest BCUT2D eigenvalue weighted by Gasteiger charge is -2.49. The Balaban J connectivity index is 1.70. The van der Waals surface area contributed by atoms with Crippen molar-refractivity contribution in [1.82, 2.24) is 29.6 Å². The van der Waals surface area contributed by atoms with E-state index in [1.54, 1.807) is 6.33 Å². The number of H-pyrrole nitrogens is 1. The topological polar surface area (TPSA) is 86.4 Å². The van der Waals surface area contributed by atoms with E-state index >= 15 is 0 Å². The summed E-state index contributed by atoms with van der Waals surface area (Å²) in [6, 6.07) is 4.81. The molecule has 3 heterocycles. The van der Waals surface area contributed by atoms with Crippen molar-refractivity contribution in [3.05, 3.63) is 31.0 Å². The van der Waals surface area contributed by atoms with Gasteiger partial charge in [-0.3, -0.25) is 4.68 Å². The summed E-state index contributed by atoms with van der Waals surface area (Å²) in [4.78, 5) is 14.0. The van der Waals surface area contributed by atoms with E-state index in [0.717, 1.165) is 35.1 Å². The van der Waals surface area contributed by atoms with E-state index in [4.69, 9.17) is 0 Å². The van der Waals surface area contributed by atoms with Crippen LogP contribution in [0, 0.1) is 11.3 Å². The van der Waals surface area contributed by atoms with Crippen LogP contribution in [0.25, 0.3) is 22.3 Å². The Bertz CT molecular complexity index is 908. The molecule has 0 saturated heterocycles. The Labute approximate surface area is 139 Å². The average Bonchev–Trinajstić information content (AvgIpc) is 3.18. The number of hydrogen-bond acceptors (Lipinski definition) is 5. The minimum atomic E-state index is -0.202. The van der Waals surface area contributed by atoms with Gasteiger partial charge in [0.15, 0.2) is 0 Å². The summed E-state index contributed by atoms with van der Waals surface area (Å²) in [5.41, 5.74) is 2.43. The molecule has 1 aliphatic rings. The summed E-state index contributed by atoms with van der Waals surface area (Å²) < 4.78 is 1.96. The number of fused-ring (bicyclic) bond motifs is 1. The summed E-state index contributed by atoms with van der Waals surface area (Å²) in [6.07, 6.45) is 9.62. The van der Waals surface area contributed by atoms with Crippen LogP contribution < -0.4 is 0 Å². The highest BCUT2D eigenvalue weighted by molar-refractivity contribution is 5.89. The smallest absolute Gasteiger partial charge is 0.141 e. The SMILES string of the molecule is CN(C)C1CC(CC#N)(n2cc(-c3ncnc4[nH]ccc34)cn2)C1. The second kappa shape index (κ2) is 5.42. The van der Waals surface area contributed by atoms with Crippen LogP contribution in [-0.4, -0.2) is 49.8 Å². The summed E-state index contributed by atoms with van der Waals surface area (Å²) in [5, 5.41) is 14.8. The Morgan fingerprint density at radius 3 is 3.00 bits per heavy atom. The quantitative estimate of drug-likeness (QED) is 0.795. The molecule has 1 saturated carbocycles. The molecule has 0 amide bonds. The predicted octanol–water partition coefficient (Wildman–Crippen LogP) is 2.15. The van der Waals surface area contributed by atoms with Crippen LogP contribution in [0.3, 0.4) is 0 Å². The van der Waals surface area contributed by atoms with E-state index in [0.29, 0.717) is 12.5 Å². The van der Waals surface area contributed by atoms with Crippen molar-refractivity contribution in [1.29, 1.82) is 5.26 Å². The largest absolute Gasteiger partial charge is 0.346 e. The summed E-state index contributed by atoms with van der Waals surface area (Å²) in [5.74, 6) is 0. The molecular weight excluding hydrogens is 302 g/mol. The van der Waals surface area contributed by atoms with E-state index in [1.807, 2.05) is 29.3 Å². The van der Waals surface area contributed by atoms with Gasteiger partial charge in [-0.2, -0.15) is 10.4 Å². The fraction of sp³-hybridized carbons (Fsp3) is 0.412. The predicted molar refractivity (Wildman–Crippen MR) is 90.0 cm³/mol. The summed E-state index contributed by atoms with van der Waals surface area (Å²) >= 11 is 0. The number of nitrogens with zero attached hydrogens (tertiary/aromatic N) is 6. The molecule has 1 N–H and O–H groups in total. The van der Waals surface area contributed by atoms with Crippen LogP contribution in [0.1, 0.15) is 19.3 Å². The maximum Gasteiger partial charge on any atom is 0.141 e. The summed E-state index contributed by atoms with van der Waals surface area (Å²) in [6.45, 7) is 0. The normalized spacial score (nSPS) is 23.3. The molecule has 7 nitrogen and oxygen atoms in total. The van der Waals surface area contributed by atoms with E-state index < -0.39 is 0 Å². The third-order valence-corrected chi connectivity index (χ3v) is 5.07. The molecular formula is C17H19N7. The fourth-order valence-electron chi connectivity index (χ4n) is 3.55. The number of aromatic nitrogens is 5. The summed E-state index contributed by atoms with van der Waals surface area (Å²) in [7, 11) is 4.16. The van der Waals surface area contributed by atoms with Gasteiger partial charge in [0, 0.05) is 29.4 Å². The van der Waals surface area contributed by atoms with E-state index in [9.17, 15) is 5.26 Å². The monoisotopic (exact) mass is 321 g/mol. The molecule has 0 bridgehead atoms. The molecule has 3 aromatic rings. The molecule has 4 rings (SSSR count). The first-order chi connectivity index (χ1) is 11.6. The molecule has 122 valence electrons. The first kappa shape index (κ1) is 14.8. The van der Waals surface area contributed by atoms with Crippen LogP contribution in [-0.2, 0) is 5.54 Å². The Hall–Kier alpha value is -2.72. The van der Waals surface area contributed by atoms with Gasteiger partial charge < -0.3 is 9.88 Å². The molecule has 1 aliphatic carbocycles. The van der Waals surface area contributed by atoms with Crippen LogP contribution in [0.5, 0.6) is 0 Å². The Morgan fingerprint density at radius 1 is 1.42 bits per heavy atom. The van der Waals surface area contributed by atoms with E-state index in [1.165, 1.54) is 0 Å². The van der Waals surface area contributed by atoms with Crippen molar-refractivity contribution in [2.75, 3.05) is 14.1 Å². The van der Waals surface area contributed by atoms with Gasteiger partial charge in [0.25, 0.3) is 0 Å². The first-order valence-corrected chi connectivity index (χ1v) is 8.00. The number of hydrogen-bond donors (Lipinski definition) is 1. The lowest BCUT2D eigenvalue weighted by molar-refractivity contribution is 0.0288. The van der Waals surface area contributed by atoms with Crippen molar-refractivity contribution in [3.8, 4) is 17.3 Å². The van der Waals surface area contributed by atoms with Crippen molar-refractivity contribution < 1.29 is 0 Å². The van der Waals surface area contributed by atoms with Gasteiger partial charge in [-0.1, -0.05) is 0 Å². The van der Waals surface area contributed by atoms with Gasteiger partial charge in [-0.05, 0) is 33.0 Å². The third-order valence-electron chi connectivity index (χ3n) is 5.07. The second-order valence-corrected chi connectivity index (χ2v) is 6.72. The molecule has 7 heteroatoms. The molecule has 0 aromatic carbocycles. The lowest BCUT2D eigenvalue weighted by atomic mass is 9.70. The Morgan fingerprint density at radius 2 is 2.25 bits per heavy atom. The lowest BCUT2D eigenvalue weighted by Crippen LogP contribution is -2.54. The number of aromatic amines is 1. The van der Waals surface area contributed by atoms with Crippen molar-refractivity contribution in [3.63, 3.8) is 0 Å². The molecule has 0 atom stereocenters. The van der Waals surface area contributed by atoms with E-state index in [2.05, 4.69) is 45.1 Å². The highest BCUT2D eigenvalue weighted by Gasteiger charge is 2.47. The highest BCUT2D eigenvalue weighted by atomic mass is 15.3. The number of nitrogens with one attached hydrogen (secondary N) is 1. The standard InChI is InChI=1S/C17H19N7/c1-23(2)13-7-17(8-13,4-5-18)24-10-12(9-22-24)15-14-3-6-19-16(14)21-11-20-15/h3,6,9-11,13H,4,7-8H2,1-2H3,(H,19,20,21). The maximum atomic E-state index is 9.26. The van der Waals surface area contributed by atoms with Crippen molar-refractivity contribution in [2.24, 2.45) is 0 Å². The minimum absolute atomic E-state index is 0.202. The molecule has 3 aromatic heterocycles. The maximum absolute atomic E-state index is 9.26. The molecule has 0 spiro atoms. The zero-order valence-corrected chi connectivity index (χ0v) is 13.8. The van der Waals surface area contributed by atoms with Crippen LogP contribution in [0.4, 0.5) is 0 Å². The first-order valence-electron chi connectivity index (χ1n) is 8.00. The average molecular weight is 321 g/mol. The molecule has 0 radical (unpaired) electrons. The van der Waals surface area contributed by atoms with Crippen molar-refractivity contribution in [2.45, 2.75) is 30.8 Å². The highest BCUT2D eigenvalue weighted by Crippen LogP contribution is 2.44.